The van der Waals surface area contributed by atoms with E-state index >= 15 is 0 Å². The highest BCUT2D eigenvalue weighted by Gasteiger charge is 2.29. The quantitative estimate of drug-likeness (QED) is 0.832. The van der Waals surface area contributed by atoms with Crippen LogP contribution in [0.4, 0.5) is 0 Å². The average Bonchev–Trinajstić information content (AvgIpc) is 2.49. The maximum absolute atomic E-state index is 12.2. The summed E-state index contributed by atoms with van der Waals surface area (Å²) < 4.78 is 0. The first kappa shape index (κ1) is 16.5. The smallest absolute Gasteiger partial charge is 0.245 e. The summed E-state index contributed by atoms with van der Waals surface area (Å²) in [6, 6.07) is 6.75. The molecule has 0 spiro atoms. The molecule has 0 aliphatic carbocycles. The van der Waals surface area contributed by atoms with Crippen molar-refractivity contribution < 1.29 is 9.59 Å². The van der Waals surface area contributed by atoms with Gasteiger partial charge in [-0.2, -0.15) is 0 Å². The number of nitrogens with two attached hydrogens (primary N) is 1. The Bertz CT molecular complexity index is 505. The molecule has 0 saturated heterocycles. The molecule has 2 rings (SSSR count). The zero-order valence-electron chi connectivity index (χ0n) is 11.6. The minimum Gasteiger partial charge on any atom is -0.343 e. The lowest BCUT2D eigenvalue weighted by atomic mass is 10.0. The van der Waals surface area contributed by atoms with Crippen LogP contribution in [0, 0.1) is 0 Å². The fraction of sp³-hybridized carbons (Fsp3) is 0.429. The molecular weight excluding hydrogens is 278 g/mol. The van der Waals surface area contributed by atoms with Gasteiger partial charge in [0.2, 0.25) is 11.8 Å². The van der Waals surface area contributed by atoms with E-state index in [0.29, 0.717) is 13.0 Å². The number of rotatable bonds is 2. The van der Waals surface area contributed by atoms with Gasteiger partial charge in [0.25, 0.3) is 0 Å². The number of carbonyl (C=O) groups is 2. The minimum atomic E-state index is -0.614. The number of nitrogens with zero attached hydrogens (tertiary/aromatic N) is 1. The van der Waals surface area contributed by atoms with Crippen LogP contribution in [0.15, 0.2) is 24.3 Å². The first-order chi connectivity index (χ1) is 8.99. The molecule has 0 bridgehead atoms. The summed E-state index contributed by atoms with van der Waals surface area (Å²) in [6.45, 7) is 2.17. The fourth-order valence-electron chi connectivity index (χ4n) is 2.23. The van der Waals surface area contributed by atoms with Crippen LogP contribution in [0.2, 0.25) is 0 Å². The van der Waals surface area contributed by atoms with Crippen molar-refractivity contribution in [2.24, 2.45) is 5.73 Å². The Labute approximate surface area is 124 Å². The molecule has 1 aliphatic heterocycles. The number of benzene rings is 1. The lowest BCUT2D eigenvalue weighted by Crippen LogP contribution is -2.51. The van der Waals surface area contributed by atoms with Gasteiger partial charge >= 0.3 is 0 Å². The highest BCUT2D eigenvalue weighted by Crippen LogP contribution is 2.18. The van der Waals surface area contributed by atoms with Crippen LogP contribution < -0.4 is 11.1 Å². The lowest BCUT2D eigenvalue weighted by molar-refractivity contribution is -0.135. The van der Waals surface area contributed by atoms with Crippen LogP contribution in [0.25, 0.3) is 0 Å². The summed E-state index contributed by atoms with van der Waals surface area (Å²) in [6.07, 6.45) is 0.512. The fourth-order valence-corrected chi connectivity index (χ4v) is 2.23. The Kier molecular flexibility index (Phi) is 5.53. The molecule has 2 unspecified atom stereocenters. The number of hydrogen-bond donors (Lipinski definition) is 2. The zero-order valence-corrected chi connectivity index (χ0v) is 12.4. The Hall–Kier alpha value is -1.59. The Balaban J connectivity index is 0.00000200. The standard InChI is InChI=1S/C14H19N3O2.ClH/c1-9(15)13(18)16-12-7-10-5-3-4-6-11(10)8-17(2)14(12)19;/h3-6,9,12H,7-8,15H2,1-2H3,(H,16,18);1H. The highest BCUT2D eigenvalue weighted by molar-refractivity contribution is 5.90. The van der Waals surface area contributed by atoms with E-state index in [9.17, 15) is 9.59 Å². The van der Waals surface area contributed by atoms with Crippen LogP contribution in [0.5, 0.6) is 0 Å². The van der Waals surface area contributed by atoms with Gasteiger partial charge in [-0.1, -0.05) is 24.3 Å². The van der Waals surface area contributed by atoms with Gasteiger partial charge in [-0.05, 0) is 18.1 Å². The number of likely N-dealkylation sites (N-methyl/N-ethyl adjacent to an activating group) is 1. The highest BCUT2D eigenvalue weighted by atomic mass is 35.5. The third-order valence-corrected chi connectivity index (χ3v) is 3.35. The van der Waals surface area contributed by atoms with Gasteiger partial charge in [-0.3, -0.25) is 9.59 Å². The van der Waals surface area contributed by atoms with Crippen molar-refractivity contribution in [3.63, 3.8) is 0 Å². The van der Waals surface area contributed by atoms with Gasteiger partial charge in [0.1, 0.15) is 6.04 Å². The van der Waals surface area contributed by atoms with E-state index in [-0.39, 0.29) is 24.2 Å². The predicted octanol–water partition coefficient (Wildman–Crippen LogP) is 0.455. The number of halogens is 1. The normalized spacial score (nSPS) is 19.4. The van der Waals surface area contributed by atoms with Crippen molar-refractivity contribution in [1.29, 1.82) is 0 Å². The van der Waals surface area contributed by atoms with Crippen molar-refractivity contribution in [2.75, 3.05) is 7.05 Å². The monoisotopic (exact) mass is 297 g/mol. The molecule has 0 fully saturated rings. The van der Waals surface area contributed by atoms with E-state index in [1.54, 1.807) is 18.9 Å². The van der Waals surface area contributed by atoms with Crippen molar-refractivity contribution in [3.05, 3.63) is 35.4 Å². The molecule has 0 radical (unpaired) electrons. The second-order valence-electron chi connectivity index (χ2n) is 5.02. The topological polar surface area (TPSA) is 75.4 Å². The number of nitrogens with one attached hydrogen (secondary N) is 1. The third kappa shape index (κ3) is 3.49. The maximum Gasteiger partial charge on any atom is 0.245 e. The second kappa shape index (κ2) is 6.72. The van der Waals surface area contributed by atoms with Crippen LogP contribution in [-0.2, 0) is 22.6 Å². The predicted molar refractivity (Wildman–Crippen MR) is 79.4 cm³/mol. The molecule has 6 heteroatoms. The van der Waals surface area contributed by atoms with Crippen LogP contribution in [-0.4, -0.2) is 35.8 Å². The number of hydrogen-bond acceptors (Lipinski definition) is 3. The molecule has 110 valence electrons. The van der Waals surface area contributed by atoms with Crippen molar-refractivity contribution in [3.8, 4) is 0 Å². The summed E-state index contributed by atoms with van der Waals surface area (Å²) in [7, 11) is 1.75. The maximum atomic E-state index is 12.2. The molecule has 1 aromatic rings. The first-order valence-electron chi connectivity index (χ1n) is 6.36. The third-order valence-electron chi connectivity index (χ3n) is 3.35. The van der Waals surface area contributed by atoms with E-state index in [2.05, 4.69) is 5.32 Å². The van der Waals surface area contributed by atoms with Crippen LogP contribution in [0.3, 0.4) is 0 Å². The second-order valence-corrected chi connectivity index (χ2v) is 5.02. The van der Waals surface area contributed by atoms with E-state index in [1.807, 2.05) is 24.3 Å². The lowest BCUT2D eigenvalue weighted by Gasteiger charge is -2.21. The molecule has 2 atom stereocenters. The van der Waals surface area contributed by atoms with E-state index in [1.165, 1.54) is 0 Å². The number of carbonyl (C=O) groups excluding carboxylic acids is 2. The van der Waals surface area contributed by atoms with Crippen LogP contribution >= 0.6 is 12.4 Å². The summed E-state index contributed by atoms with van der Waals surface area (Å²) in [5, 5.41) is 2.72. The van der Waals surface area contributed by atoms with E-state index in [0.717, 1.165) is 11.1 Å². The zero-order chi connectivity index (χ0) is 14.0. The number of amides is 2. The van der Waals surface area contributed by atoms with Crippen molar-refractivity contribution >= 4 is 24.2 Å². The van der Waals surface area contributed by atoms with Gasteiger partial charge in [-0.15, -0.1) is 12.4 Å². The van der Waals surface area contributed by atoms with Gasteiger partial charge in [0, 0.05) is 20.0 Å². The molecule has 0 aromatic heterocycles. The summed E-state index contributed by atoms with van der Waals surface area (Å²) >= 11 is 0. The van der Waals surface area contributed by atoms with Gasteiger partial charge in [-0.25, -0.2) is 0 Å². The first-order valence-corrected chi connectivity index (χ1v) is 6.36. The summed E-state index contributed by atoms with van der Waals surface area (Å²) in [5.74, 6) is -0.378. The van der Waals surface area contributed by atoms with Gasteiger partial charge in [0.15, 0.2) is 0 Å². The molecule has 1 aromatic carbocycles. The van der Waals surface area contributed by atoms with Gasteiger partial charge in [0.05, 0.1) is 6.04 Å². The molecular formula is C14H20ClN3O2. The SMILES string of the molecule is CC(N)C(=O)NC1Cc2ccccc2CN(C)C1=O.Cl. The average molecular weight is 298 g/mol. The molecule has 1 heterocycles. The van der Waals surface area contributed by atoms with Crippen LogP contribution in [0.1, 0.15) is 18.1 Å². The van der Waals surface area contributed by atoms with Crippen molar-refractivity contribution in [1.82, 2.24) is 10.2 Å². The van der Waals surface area contributed by atoms with Crippen molar-refractivity contribution in [2.45, 2.75) is 32.0 Å². The van der Waals surface area contributed by atoms with Gasteiger partial charge < -0.3 is 16.0 Å². The summed E-state index contributed by atoms with van der Waals surface area (Å²) in [4.78, 5) is 25.6. The molecule has 2 amide bonds. The Morgan fingerprint density at radius 2 is 2.00 bits per heavy atom. The Morgan fingerprint density at radius 1 is 1.40 bits per heavy atom. The minimum absolute atomic E-state index is 0. The molecule has 0 saturated carbocycles. The molecule has 5 nitrogen and oxygen atoms in total. The molecule has 20 heavy (non-hydrogen) atoms. The van der Waals surface area contributed by atoms with E-state index < -0.39 is 12.1 Å². The molecule has 1 aliphatic rings. The van der Waals surface area contributed by atoms with E-state index in [4.69, 9.17) is 5.73 Å². The number of fused-ring (bicyclic) bond motifs is 1. The summed E-state index contributed by atoms with van der Waals surface area (Å²) in [5.41, 5.74) is 7.74. The largest absolute Gasteiger partial charge is 0.343 e. The Morgan fingerprint density at radius 3 is 2.60 bits per heavy atom. The molecule has 3 N–H and O–H groups in total.